The highest BCUT2D eigenvalue weighted by Gasteiger charge is 2.35. The minimum atomic E-state index is -0.619. The van der Waals surface area contributed by atoms with Crippen LogP contribution in [0.1, 0.15) is 54.3 Å². The van der Waals surface area contributed by atoms with Gasteiger partial charge in [0.05, 0.1) is 38.6 Å². The number of aliphatic hydroxyl groups excluding tert-OH is 1. The topological polar surface area (TPSA) is 77.0 Å². The van der Waals surface area contributed by atoms with Gasteiger partial charge in [-0.3, -0.25) is 0 Å². The fraction of sp³-hybridized carbons (Fsp3) is 0.500. The molecule has 1 aliphatic carbocycles. The van der Waals surface area contributed by atoms with Crippen molar-refractivity contribution in [1.82, 2.24) is 5.32 Å². The largest absolute Gasteiger partial charge is 0.496 e. The van der Waals surface area contributed by atoms with E-state index in [1.54, 1.807) is 19.2 Å². The van der Waals surface area contributed by atoms with Crippen molar-refractivity contribution in [3.8, 4) is 5.75 Å². The van der Waals surface area contributed by atoms with Crippen LogP contribution in [0.5, 0.6) is 5.75 Å². The highest BCUT2D eigenvalue weighted by Crippen LogP contribution is 2.45. The summed E-state index contributed by atoms with van der Waals surface area (Å²) in [5, 5.41) is 14.0. The zero-order valence-corrected chi connectivity index (χ0v) is 19.5. The number of ether oxygens (including phenoxy) is 3. The summed E-state index contributed by atoms with van der Waals surface area (Å²) in [5.74, 6) is 0.974. The van der Waals surface area contributed by atoms with Gasteiger partial charge in [0.1, 0.15) is 5.75 Å². The maximum Gasteiger partial charge on any atom is 0.337 e. The first-order valence-corrected chi connectivity index (χ1v) is 11.2. The number of nitrogens with one attached hydrogen (secondary N) is 1. The summed E-state index contributed by atoms with van der Waals surface area (Å²) < 4.78 is 16.4. The molecule has 0 saturated heterocycles. The number of carbonyl (C=O) groups is 1. The Balaban J connectivity index is 1.49. The third-order valence-corrected chi connectivity index (χ3v) is 5.80. The lowest BCUT2D eigenvalue weighted by atomic mass is 9.94. The molecule has 0 aromatic heterocycles. The maximum atomic E-state index is 11.6. The molecule has 1 saturated carbocycles. The van der Waals surface area contributed by atoms with Gasteiger partial charge in [0.15, 0.2) is 0 Å². The summed E-state index contributed by atoms with van der Waals surface area (Å²) in [6, 6.07) is 15.4. The molecule has 6 heteroatoms. The van der Waals surface area contributed by atoms with Crippen molar-refractivity contribution in [3.05, 3.63) is 65.2 Å². The summed E-state index contributed by atoms with van der Waals surface area (Å²) in [6.07, 6.45) is 2.36. The van der Waals surface area contributed by atoms with Crippen molar-refractivity contribution < 1.29 is 24.1 Å². The van der Waals surface area contributed by atoms with Gasteiger partial charge in [-0.2, -0.15) is 0 Å². The van der Waals surface area contributed by atoms with Crippen LogP contribution in [0.4, 0.5) is 0 Å². The number of methoxy groups -OCH3 is 2. The van der Waals surface area contributed by atoms with Gasteiger partial charge in [0.2, 0.25) is 0 Å². The van der Waals surface area contributed by atoms with Crippen LogP contribution >= 0.6 is 0 Å². The second kappa shape index (κ2) is 10.9. The van der Waals surface area contributed by atoms with Crippen LogP contribution in [0.25, 0.3) is 0 Å². The van der Waals surface area contributed by atoms with E-state index in [9.17, 15) is 9.90 Å². The standard InChI is InChI=1S/C26H35NO5/c1-26(2,15-18-9-11-20(12-10-18)25(29)31-4)27-16-21(28)17-32-24(19-13-14-19)22-7-5-6-8-23(22)30-3/h5-12,19,21,24,27-28H,13-17H2,1-4H3. The van der Waals surface area contributed by atoms with Gasteiger partial charge in [-0.25, -0.2) is 4.79 Å². The minimum Gasteiger partial charge on any atom is -0.496 e. The van der Waals surface area contributed by atoms with E-state index in [-0.39, 0.29) is 24.2 Å². The molecule has 3 rings (SSSR count). The molecule has 1 aliphatic rings. The quantitative estimate of drug-likeness (QED) is 0.486. The molecule has 2 atom stereocenters. The number of esters is 1. The smallest absolute Gasteiger partial charge is 0.337 e. The fourth-order valence-corrected chi connectivity index (χ4v) is 3.90. The molecule has 174 valence electrons. The highest BCUT2D eigenvalue weighted by atomic mass is 16.5. The van der Waals surface area contributed by atoms with Crippen molar-refractivity contribution in [2.24, 2.45) is 5.92 Å². The minimum absolute atomic E-state index is 0.0536. The second-order valence-electron chi connectivity index (χ2n) is 9.12. The molecular weight excluding hydrogens is 406 g/mol. The molecule has 1 fully saturated rings. The third-order valence-electron chi connectivity index (χ3n) is 5.80. The van der Waals surface area contributed by atoms with E-state index in [0.29, 0.717) is 18.0 Å². The van der Waals surface area contributed by atoms with Gasteiger partial charge < -0.3 is 24.6 Å². The SMILES string of the molecule is COC(=O)c1ccc(CC(C)(C)NCC(O)COC(c2ccccc2OC)C2CC2)cc1. The number of para-hydroxylation sites is 1. The van der Waals surface area contributed by atoms with Gasteiger partial charge in [-0.1, -0.05) is 30.3 Å². The first kappa shape index (κ1) is 24.2. The summed E-state index contributed by atoms with van der Waals surface area (Å²) in [6.45, 7) is 4.87. The molecule has 2 aromatic carbocycles. The van der Waals surface area contributed by atoms with Gasteiger partial charge in [0.25, 0.3) is 0 Å². The molecule has 0 radical (unpaired) electrons. The number of carbonyl (C=O) groups excluding carboxylic acids is 1. The molecule has 0 bridgehead atoms. The van der Waals surface area contributed by atoms with Crippen molar-refractivity contribution in [2.75, 3.05) is 27.4 Å². The van der Waals surface area contributed by atoms with E-state index < -0.39 is 6.10 Å². The average molecular weight is 442 g/mol. The average Bonchev–Trinajstić information content (AvgIpc) is 3.63. The van der Waals surface area contributed by atoms with E-state index in [4.69, 9.17) is 14.2 Å². The summed E-state index contributed by atoms with van der Waals surface area (Å²) >= 11 is 0. The number of hydrogen-bond acceptors (Lipinski definition) is 6. The number of β-amino-alcohol motifs (C(OH)–C–C–N with tert-alkyl or cyclic N) is 1. The molecule has 0 heterocycles. The lowest BCUT2D eigenvalue weighted by Crippen LogP contribution is -2.46. The van der Waals surface area contributed by atoms with Crippen molar-refractivity contribution >= 4 is 5.97 Å². The normalized spacial score (nSPS) is 15.8. The number of hydrogen-bond donors (Lipinski definition) is 2. The molecule has 2 N–H and O–H groups in total. The Hall–Kier alpha value is -2.41. The van der Waals surface area contributed by atoms with Crippen LogP contribution in [-0.2, 0) is 15.9 Å². The van der Waals surface area contributed by atoms with E-state index in [0.717, 1.165) is 36.1 Å². The van der Waals surface area contributed by atoms with Crippen LogP contribution in [0.2, 0.25) is 0 Å². The second-order valence-corrected chi connectivity index (χ2v) is 9.12. The predicted octanol–water partition coefficient (Wildman–Crippen LogP) is 3.92. The van der Waals surface area contributed by atoms with Crippen molar-refractivity contribution in [2.45, 2.75) is 50.9 Å². The Kier molecular flexibility index (Phi) is 8.29. The van der Waals surface area contributed by atoms with Gasteiger partial charge >= 0.3 is 5.97 Å². The summed E-state index contributed by atoms with van der Waals surface area (Å²) in [4.78, 5) is 11.6. The predicted molar refractivity (Wildman–Crippen MR) is 124 cm³/mol. The van der Waals surface area contributed by atoms with Crippen LogP contribution in [-0.4, -0.2) is 50.1 Å². The zero-order valence-electron chi connectivity index (χ0n) is 19.5. The Morgan fingerprint density at radius 2 is 1.81 bits per heavy atom. The van der Waals surface area contributed by atoms with E-state index in [2.05, 4.69) is 19.2 Å². The zero-order chi connectivity index (χ0) is 23.1. The molecule has 0 amide bonds. The number of rotatable bonds is 12. The Bertz CT molecular complexity index is 876. The van der Waals surface area contributed by atoms with Crippen LogP contribution in [0.15, 0.2) is 48.5 Å². The Labute approximate surface area is 190 Å². The maximum absolute atomic E-state index is 11.6. The summed E-state index contributed by atoms with van der Waals surface area (Å²) in [5.41, 5.74) is 2.46. The van der Waals surface area contributed by atoms with Gasteiger partial charge in [-0.15, -0.1) is 0 Å². The number of aliphatic hydroxyl groups is 1. The Morgan fingerprint density at radius 3 is 2.44 bits per heavy atom. The molecule has 0 aliphatic heterocycles. The van der Waals surface area contributed by atoms with Crippen LogP contribution in [0, 0.1) is 5.92 Å². The van der Waals surface area contributed by atoms with E-state index >= 15 is 0 Å². The van der Waals surface area contributed by atoms with Crippen molar-refractivity contribution in [3.63, 3.8) is 0 Å². The lowest BCUT2D eigenvalue weighted by Gasteiger charge is -2.29. The van der Waals surface area contributed by atoms with Crippen LogP contribution < -0.4 is 10.1 Å². The van der Waals surface area contributed by atoms with E-state index in [1.165, 1.54) is 7.11 Å². The highest BCUT2D eigenvalue weighted by molar-refractivity contribution is 5.89. The van der Waals surface area contributed by atoms with Gasteiger partial charge in [0, 0.05) is 17.6 Å². The monoisotopic (exact) mass is 441 g/mol. The summed E-state index contributed by atoms with van der Waals surface area (Å²) in [7, 11) is 3.05. The molecule has 6 nitrogen and oxygen atoms in total. The van der Waals surface area contributed by atoms with Crippen molar-refractivity contribution in [1.29, 1.82) is 0 Å². The van der Waals surface area contributed by atoms with E-state index in [1.807, 2.05) is 36.4 Å². The first-order chi connectivity index (χ1) is 15.3. The molecule has 2 aromatic rings. The van der Waals surface area contributed by atoms with Crippen LogP contribution in [0.3, 0.4) is 0 Å². The first-order valence-electron chi connectivity index (χ1n) is 11.2. The molecule has 0 spiro atoms. The molecule has 2 unspecified atom stereocenters. The Morgan fingerprint density at radius 1 is 1.12 bits per heavy atom. The molecule has 32 heavy (non-hydrogen) atoms. The fourth-order valence-electron chi connectivity index (χ4n) is 3.90. The lowest BCUT2D eigenvalue weighted by molar-refractivity contribution is -0.0219. The third kappa shape index (κ3) is 6.79. The number of benzene rings is 2. The molecular formula is C26H35NO5. The van der Waals surface area contributed by atoms with Gasteiger partial charge in [-0.05, 0) is 62.8 Å².